The molecule has 0 atom stereocenters. The summed E-state index contributed by atoms with van der Waals surface area (Å²) in [5, 5.41) is 5.59. The molecule has 0 aliphatic heterocycles. The quantitative estimate of drug-likeness (QED) is 0.641. The first kappa shape index (κ1) is 20.9. The third-order valence-corrected chi connectivity index (χ3v) is 4.46. The second-order valence-corrected chi connectivity index (χ2v) is 6.75. The fraction of sp³-hybridized carbons (Fsp3) is 0.174. The highest BCUT2D eigenvalue weighted by Crippen LogP contribution is 2.27. The Kier molecular flexibility index (Phi) is 6.32. The second-order valence-electron chi connectivity index (χ2n) is 6.75. The van der Waals surface area contributed by atoms with Crippen molar-refractivity contribution >= 4 is 23.2 Å². The molecule has 0 bridgehead atoms. The highest BCUT2D eigenvalue weighted by Gasteiger charge is 2.14. The van der Waals surface area contributed by atoms with Crippen molar-refractivity contribution in [3.63, 3.8) is 0 Å². The molecule has 0 aliphatic carbocycles. The molecule has 1 aromatic heterocycles. The number of hydrogen-bond donors (Lipinski definition) is 2. The predicted octanol–water partition coefficient (Wildman–Crippen LogP) is 4.22. The van der Waals surface area contributed by atoms with Crippen molar-refractivity contribution in [2.45, 2.75) is 13.8 Å². The molecule has 0 saturated carbocycles. The fourth-order valence-corrected chi connectivity index (χ4v) is 2.88. The number of amides is 2. The number of pyridine rings is 1. The van der Waals surface area contributed by atoms with Crippen LogP contribution < -0.4 is 20.1 Å². The van der Waals surface area contributed by atoms with Gasteiger partial charge < -0.3 is 20.1 Å². The molecule has 0 unspecified atom stereocenters. The van der Waals surface area contributed by atoms with Crippen molar-refractivity contribution in [2.24, 2.45) is 0 Å². The maximum absolute atomic E-state index is 12.6. The summed E-state index contributed by atoms with van der Waals surface area (Å²) in [7, 11) is 3.08. The number of rotatable bonds is 6. The number of nitrogens with one attached hydrogen (secondary N) is 2. The van der Waals surface area contributed by atoms with Gasteiger partial charge in [0.25, 0.3) is 11.8 Å². The zero-order valence-corrected chi connectivity index (χ0v) is 17.3. The van der Waals surface area contributed by atoms with Gasteiger partial charge in [-0.05, 0) is 61.4 Å². The number of hydrogen-bond acceptors (Lipinski definition) is 5. The van der Waals surface area contributed by atoms with Crippen molar-refractivity contribution in [1.82, 2.24) is 4.98 Å². The molecular formula is C23H23N3O4. The SMILES string of the molecule is COc1ccc(C)cc1NC(=O)c1ccc(C(=O)Nc2cc(C)ccc2OC)nc1. The number of benzene rings is 2. The molecule has 30 heavy (non-hydrogen) atoms. The Morgan fingerprint density at radius 2 is 1.30 bits per heavy atom. The van der Waals surface area contributed by atoms with Crippen LogP contribution in [0.15, 0.2) is 54.7 Å². The molecule has 2 N–H and O–H groups in total. The Hall–Kier alpha value is -3.87. The van der Waals surface area contributed by atoms with Gasteiger partial charge in [0.05, 0.1) is 31.2 Å². The van der Waals surface area contributed by atoms with Crippen LogP contribution in [0.4, 0.5) is 11.4 Å². The number of aryl methyl sites for hydroxylation is 2. The van der Waals surface area contributed by atoms with E-state index in [0.29, 0.717) is 28.4 Å². The maximum Gasteiger partial charge on any atom is 0.274 e. The van der Waals surface area contributed by atoms with Crippen LogP contribution in [0.1, 0.15) is 32.0 Å². The third-order valence-electron chi connectivity index (χ3n) is 4.46. The first-order valence-corrected chi connectivity index (χ1v) is 9.29. The summed E-state index contributed by atoms with van der Waals surface area (Å²) in [4.78, 5) is 29.2. The predicted molar refractivity (Wildman–Crippen MR) is 116 cm³/mol. The molecule has 7 heteroatoms. The minimum Gasteiger partial charge on any atom is -0.495 e. The Balaban J connectivity index is 1.73. The lowest BCUT2D eigenvalue weighted by atomic mass is 10.2. The Morgan fingerprint density at radius 3 is 1.77 bits per heavy atom. The van der Waals surface area contributed by atoms with E-state index in [9.17, 15) is 9.59 Å². The van der Waals surface area contributed by atoms with Crippen molar-refractivity contribution < 1.29 is 19.1 Å². The summed E-state index contributed by atoms with van der Waals surface area (Å²) in [6.45, 7) is 3.84. The molecular weight excluding hydrogens is 382 g/mol. The van der Waals surface area contributed by atoms with Crippen LogP contribution in [0, 0.1) is 13.8 Å². The highest BCUT2D eigenvalue weighted by molar-refractivity contribution is 6.06. The van der Waals surface area contributed by atoms with Gasteiger partial charge in [-0.3, -0.25) is 14.6 Å². The van der Waals surface area contributed by atoms with Gasteiger partial charge in [-0.25, -0.2) is 0 Å². The monoisotopic (exact) mass is 405 g/mol. The summed E-state index contributed by atoms with van der Waals surface area (Å²) < 4.78 is 10.6. The van der Waals surface area contributed by atoms with E-state index >= 15 is 0 Å². The van der Waals surface area contributed by atoms with E-state index in [1.807, 2.05) is 38.1 Å². The lowest BCUT2D eigenvalue weighted by molar-refractivity contribution is 0.101. The minimum atomic E-state index is -0.397. The first-order valence-electron chi connectivity index (χ1n) is 9.29. The summed E-state index contributed by atoms with van der Waals surface area (Å²) in [6, 6.07) is 14.0. The number of carbonyl (C=O) groups is 2. The fourth-order valence-electron chi connectivity index (χ4n) is 2.88. The lowest BCUT2D eigenvalue weighted by Crippen LogP contribution is -2.16. The van der Waals surface area contributed by atoms with Crippen LogP contribution in [0.5, 0.6) is 11.5 Å². The maximum atomic E-state index is 12.6. The van der Waals surface area contributed by atoms with E-state index in [-0.39, 0.29) is 11.6 Å². The van der Waals surface area contributed by atoms with E-state index in [4.69, 9.17) is 9.47 Å². The van der Waals surface area contributed by atoms with Gasteiger partial charge in [0.15, 0.2) is 0 Å². The second kappa shape index (κ2) is 9.09. The molecule has 1 heterocycles. The standard InChI is InChI=1S/C23H23N3O4/c1-14-5-9-20(29-3)18(11-14)25-22(27)16-7-8-17(24-13-16)23(28)26-19-12-15(2)6-10-21(19)30-4/h5-13H,1-4H3,(H,25,27)(H,26,28). The summed E-state index contributed by atoms with van der Waals surface area (Å²) in [6.07, 6.45) is 1.36. The minimum absolute atomic E-state index is 0.184. The number of nitrogens with zero attached hydrogens (tertiary/aromatic N) is 1. The summed E-state index contributed by atoms with van der Waals surface area (Å²) >= 11 is 0. The van der Waals surface area contributed by atoms with Crippen LogP contribution in [-0.4, -0.2) is 31.0 Å². The number of methoxy groups -OCH3 is 2. The Labute approximate surface area is 175 Å². The average molecular weight is 405 g/mol. The Bertz CT molecular complexity index is 992. The van der Waals surface area contributed by atoms with Gasteiger partial charge in [0.2, 0.25) is 0 Å². The van der Waals surface area contributed by atoms with E-state index in [0.717, 1.165) is 11.1 Å². The number of ether oxygens (including phenoxy) is 2. The van der Waals surface area contributed by atoms with Gasteiger partial charge in [-0.2, -0.15) is 0 Å². The average Bonchev–Trinajstić information content (AvgIpc) is 2.74. The first-order chi connectivity index (χ1) is 14.4. The van der Waals surface area contributed by atoms with Crippen molar-refractivity contribution in [3.8, 4) is 11.5 Å². The molecule has 2 amide bonds. The number of aromatic nitrogens is 1. The van der Waals surface area contributed by atoms with Crippen molar-refractivity contribution in [1.29, 1.82) is 0 Å². The number of carbonyl (C=O) groups excluding carboxylic acids is 2. The Morgan fingerprint density at radius 1 is 0.767 bits per heavy atom. The van der Waals surface area contributed by atoms with Crippen LogP contribution in [0.25, 0.3) is 0 Å². The van der Waals surface area contributed by atoms with Gasteiger partial charge in [0, 0.05) is 6.20 Å². The zero-order valence-electron chi connectivity index (χ0n) is 17.3. The molecule has 0 saturated heterocycles. The van der Waals surface area contributed by atoms with E-state index in [1.165, 1.54) is 19.4 Å². The van der Waals surface area contributed by atoms with E-state index in [1.54, 1.807) is 25.3 Å². The largest absolute Gasteiger partial charge is 0.495 e. The molecule has 7 nitrogen and oxygen atoms in total. The molecule has 0 aliphatic rings. The van der Waals surface area contributed by atoms with Crippen molar-refractivity contribution in [3.05, 3.63) is 77.1 Å². The van der Waals surface area contributed by atoms with Crippen LogP contribution >= 0.6 is 0 Å². The molecule has 3 rings (SSSR count). The zero-order chi connectivity index (χ0) is 21.7. The van der Waals surface area contributed by atoms with Gasteiger partial charge in [-0.15, -0.1) is 0 Å². The van der Waals surface area contributed by atoms with E-state index < -0.39 is 5.91 Å². The van der Waals surface area contributed by atoms with Gasteiger partial charge >= 0.3 is 0 Å². The molecule has 0 spiro atoms. The molecule has 154 valence electrons. The normalized spacial score (nSPS) is 10.3. The van der Waals surface area contributed by atoms with E-state index in [2.05, 4.69) is 15.6 Å². The topological polar surface area (TPSA) is 89.5 Å². The third kappa shape index (κ3) is 4.75. The summed E-state index contributed by atoms with van der Waals surface area (Å²) in [5.74, 6) is 0.368. The highest BCUT2D eigenvalue weighted by atomic mass is 16.5. The van der Waals surface area contributed by atoms with Crippen molar-refractivity contribution in [2.75, 3.05) is 24.9 Å². The molecule has 0 fully saturated rings. The van der Waals surface area contributed by atoms with Gasteiger partial charge in [-0.1, -0.05) is 12.1 Å². The molecule has 2 aromatic carbocycles. The molecule has 3 aromatic rings. The van der Waals surface area contributed by atoms with Crippen LogP contribution in [-0.2, 0) is 0 Å². The lowest BCUT2D eigenvalue weighted by Gasteiger charge is -2.12. The van der Waals surface area contributed by atoms with Crippen LogP contribution in [0.3, 0.4) is 0 Å². The molecule has 0 radical (unpaired) electrons. The summed E-state index contributed by atoms with van der Waals surface area (Å²) in [5.41, 5.74) is 3.60. The number of anilines is 2. The smallest absolute Gasteiger partial charge is 0.274 e. The van der Waals surface area contributed by atoms with Crippen LogP contribution in [0.2, 0.25) is 0 Å². The van der Waals surface area contributed by atoms with Gasteiger partial charge in [0.1, 0.15) is 17.2 Å².